The Morgan fingerprint density at radius 2 is 1.67 bits per heavy atom. The average Bonchev–Trinajstić information content (AvgIpc) is 3.26. The summed E-state index contributed by atoms with van der Waals surface area (Å²) < 4.78 is 20.7. The molecular formula is C28H23ClFN3O3. The Bertz CT molecular complexity index is 1450. The molecule has 2 amide bonds. The highest BCUT2D eigenvalue weighted by Gasteiger charge is 2.49. The number of β-lactam (4-membered cyclic amide) rings is 1. The van der Waals surface area contributed by atoms with Crippen LogP contribution in [0.5, 0.6) is 0 Å². The van der Waals surface area contributed by atoms with Gasteiger partial charge in [0, 0.05) is 47.1 Å². The molecule has 6 nitrogen and oxygen atoms in total. The quantitative estimate of drug-likeness (QED) is 0.288. The minimum absolute atomic E-state index is 0.0738. The first-order valence-electron chi connectivity index (χ1n) is 11.8. The first-order chi connectivity index (χ1) is 17.5. The molecule has 0 saturated carbocycles. The lowest BCUT2D eigenvalue weighted by Gasteiger charge is -2.44. The first kappa shape index (κ1) is 22.8. The molecule has 2 aliphatic heterocycles. The largest absolute Gasteiger partial charge is 0.370 e. The summed E-state index contributed by atoms with van der Waals surface area (Å²) in [7, 11) is 0. The molecule has 6 rings (SSSR count). The van der Waals surface area contributed by atoms with Crippen molar-refractivity contribution in [2.75, 3.05) is 29.6 Å². The van der Waals surface area contributed by atoms with Gasteiger partial charge in [0.25, 0.3) is 5.91 Å². The normalized spacial score (nSPS) is 20.2. The Hall–Kier alpha value is -3.68. The minimum atomic E-state index is -0.685. The second kappa shape index (κ2) is 9.08. The fourth-order valence-electron chi connectivity index (χ4n) is 5.05. The Balaban J connectivity index is 1.33. The van der Waals surface area contributed by atoms with Crippen LogP contribution in [-0.4, -0.2) is 41.5 Å². The number of benzene rings is 3. The van der Waals surface area contributed by atoms with Crippen LogP contribution < -0.4 is 9.80 Å². The molecule has 0 spiro atoms. The van der Waals surface area contributed by atoms with Gasteiger partial charge in [-0.3, -0.25) is 9.59 Å². The fraction of sp³-hybridized carbons (Fsp3) is 0.214. The van der Waals surface area contributed by atoms with Gasteiger partial charge in [-0.1, -0.05) is 30.3 Å². The third kappa shape index (κ3) is 3.85. The lowest BCUT2D eigenvalue weighted by molar-refractivity contribution is -0.126. The molecule has 1 aromatic heterocycles. The second-order valence-electron chi connectivity index (χ2n) is 9.03. The molecule has 2 atom stereocenters. The molecule has 2 fully saturated rings. The smallest absolute Gasteiger partial charge is 0.253 e. The predicted molar refractivity (Wildman–Crippen MR) is 137 cm³/mol. The number of rotatable bonds is 5. The standard InChI is InChI=1S/C28H23ClFN3O3/c29-26-27(33(28(26)35)21-11-9-20(10-12-21)32-13-14-36-17-25(32)34)23-16-31(24-4-2-1-3-22(23)24)15-18-5-7-19(30)8-6-18/h1-12,16,26-27H,13-15,17H2. The van der Waals surface area contributed by atoms with Crippen LogP contribution in [0.2, 0.25) is 0 Å². The van der Waals surface area contributed by atoms with Gasteiger partial charge in [0.05, 0.1) is 12.6 Å². The molecule has 8 heteroatoms. The maximum atomic E-state index is 13.4. The highest BCUT2D eigenvalue weighted by molar-refractivity contribution is 6.37. The van der Waals surface area contributed by atoms with Crippen LogP contribution in [-0.2, 0) is 20.9 Å². The van der Waals surface area contributed by atoms with Crippen molar-refractivity contribution in [3.05, 3.63) is 95.9 Å². The van der Waals surface area contributed by atoms with Crippen LogP contribution in [0, 0.1) is 5.82 Å². The Morgan fingerprint density at radius 1 is 0.944 bits per heavy atom. The van der Waals surface area contributed by atoms with Crippen molar-refractivity contribution in [3.63, 3.8) is 0 Å². The molecule has 36 heavy (non-hydrogen) atoms. The number of carbonyl (C=O) groups is 2. The van der Waals surface area contributed by atoms with Gasteiger partial charge in [-0.15, -0.1) is 11.6 Å². The van der Waals surface area contributed by atoms with Crippen LogP contribution in [0.1, 0.15) is 17.2 Å². The zero-order valence-corrected chi connectivity index (χ0v) is 20.1. The maximum absolute atomic E-state index is 13.4. The van der Waals surface area contributed by atoms with Crippen molar-refractivity contribution in [1.29, 1.82) is 0 Å². The van der Waals surface area contributed by atoms with E-state index in [1.54, 1.807) is 21.9 Å². The number of hydrogen-bond donors (Lipinski definition) is 0. The van der Waals surface area contributed by atoms with E-state index in [1.807, 2.05) is 54.7 Å². The molecule has 2 saturated heterocycles. The molecule has 0 bridgehead atoms. The number of morpholine rings is 1. The highest BCUT2D eigenvalue weighted by atomic mass is 35.5. The van der Waals surface area contributed by atoms with Crippen molar-refractivity contribution in [1.82, 2.24) is 4.57 Å². The number of alkyl halides is 1. The maximum Gasteiger partial charge on any atom is 0.253 e. The van der Waals surface area contributed by atoms with Crippen molar-refractivity contribution < 1.29 is 18.7 Å². The Morgan fingerprint density at radius 3 is 2.42 bits per heavy atom. The number of nitrogens with zero attached hydrogens (tertiary/aromatic N) is 3. The number of halogens is 2. The van der Waals surface area contributed by atoms with Crippen LogP contribution in [0.3, 0.4) is 0 Å². The topological polar surface area (TPSA) is 54.8 Å². The van der Waals surface area contributed by atoms with Crippen molar-refractivity contribution in [3.8, 4) is 0 Å². The van der Waals surface area contributed by atoms with Gasteiger partial charge in [-0.2, -0.15) is 0 Å². The summed E-state index contributed by atoms with van der Waals surface area (Å²) in [5.74, 6) is -0.511. The van der Waals surface area contributed by atoms with E-state index in [1.165, 1.54) is 12.1 Å². The molecule has 2 aliphatic rings. The summed E-state index contributed by atoms with van der Waals surface area (Å²) in [5.41, 5.74) is 4.44. The van der Waals surface area contributed by atoms with Crippen molar-refractivity contribution >= 4 is 45.7 Å². The van der Waals surface area contributed by atoms with E-state index in [4.69, 9.17) is 16.3 Å². The molecule has 4 aromatic rings. The van der Waals surface area contributed by atoms with Gasteiger partial charge in [0.1, 0.15) is 17.8 Å². The number of para-hydroxylation sites is 1. The molecule has 3 aromatic carbocycles. The lowest BCUT2D eigenvalue weighted by atomic mass is 9.92. The van der Waals surface area contributed by atoms with Gasteiger partial charge in [-0.25, -0.2) is 4.39 Å². The number of ether oxygens (including phenoxy) is 1. The van der Waals surface area contributed by atoms with E-state index in [-0.39, 0.29) is 30.3 Å². The number of carbonyl (C=O) groups excluding carboxylic acids is 2. The van der Waals surface area contributed by atoms with Gasteiger partial charge < -0.3 is 19.1 Å². The second-order valence-corrected chi connectivity index (χ2v) is 9.50. The number of anilines is 2. The molecule has 182 valence electrons. The van der Waals surface area contributed by atoms with Gasteiger partial charge in [-0.05, 0) is 48.0 Å². The van der Waals surface area contributed by atoms with E-state index >= 15 is 0 Å². The van der Waals surface area contributed by atoms with Crippen molar-refractivity contribution in [2.24, 2.45) is 0 Å². The Labute approximate surface area is 212 Å². The summed E-state index contributed by atoms with van der Waals surface area (Å²) in [6.07, 6.45) is 2.04. The highest BCUT2D eigenvalue weighted by Crippen LogP contribution is 2.45. The molecule has 2 unspecified atom stereocenters. The summed E-state index contributed by atoms with van der Waals surface area (Å²) in [5, 5.41) is 0.332. The van der Waals surface area contributed by atoms with E-state index in [0.717, 1.165) is 33.4 Å². The third-order valence-electron chi connectivity index (χ3n) is 6.86. The zero-order chi connectivity index (χ0) is 24.8. The van der Waals surface area contributed by atoms with E-state index in [0.29, 0.717) is 19.7 Å². The number of aromatic nitrogens is 1. The van der Waals surface area contributed by atoms with Crippen LogP contribution in [0.4, 0.5) is 15.8 Å². The lowest BCUT2D eigenvalue weighted by Crippen LogP contribution is -2.56. The van der Waals surface area contributed by atoms with Crippen LogP contribution in [0.25, 0.3) is 10.9 Å². The molecule has 0 N–H and O–H groups in total. The zero-order valence-electron chi connectivity index (χ0n) is 19.3. The van der Waals surface area contributed by atoms with Gasteiger partial charge in [0.15, 0.2) is 0 Å². The third-order valence-corrected chi connectivity index (χ3v) is 7.28. The summed E-state index contributed by atoms with van der Waals surface area (Å²) >= 11 is 6.60. The minimum Gasteiger partial charge on any atom is -0.370 e. The monoisotopic (exact) mass is 503 g/mol. The average molecular weight is 504 g/mol. The van der Waals surface area contributed by atoms with Crippen LogP contribution in [0.15, 0.2) is 79.0 Å². The molecule has 0 aliphatic carbocycles. The van der Waals surface area contributed by atoms with E-state index in [9.17, 15) is 14.0 Å². The number of fused-ring (bicyclic) bond motifs is 1. The van der Waals surface area contributed by atoms with E-state index < -0.39 is 5.38 Å². The van der Waals surface area contributed by atoms with Crippen molar-refractivity contribution in [2.45, 2.75) is 18.0 Å². The summed E-state index contributed by atoms with van der Waals surface area (Å²) in [6, 6.07) is 21.5. The van der Waals surface area contributed by atoms with Crippen LogP contribution >= 0.6 is 11.6 Å². The van der Waals surface area contributed by atoms with E-state index in [2.05, 4.69) is 4.57 Å². The number of hydrogen-bond acceptors (Lipinski definition) is 3. The number of amides is 2. The first-order valence-corrected chi connectivity index (χ1v) is 12.2. The SMILES string of the molecule is O=C1COCCN1c1ccc(N2C(=O)C(Cl)C2c2cn(Cc3ccc(F)cc3)c3ccccc23)cc1. The summed E-state index contributed by atoms with van der Waals surface area (Å²) in [6.45, 7) is 1.64. The predicted octanol–water partition coefficient (Wildman–Crippen LogP) is 4.89. The fourth-order valence-corrected chi connectivity index (χ4v) is 5.40. The molecule has 0 radical (unpaired) electrons. The van der Waals surface area contributed by atoms with Gasteiger partial charge >= 0.3 is 0 Å². The summed E-state index contributed by atoms with van der Waals surface area (Å²) in [4.78, 5) is 28.5. The molecular weight excluding hydrogens is 481 g/mol. The Kier molecular flexibility index (Phi) is 5.74. The molecule has 3 heterocycles. The van der Waals surface area contributed by atoms with Gasteiger partial charge in [0.2, 0.25) is 5.91 Å².